The van der Waals surface area contributed by atoms with Gasteiger partial charge in [-0.05, 0) is 23.8 Å². The second-order valence-corrected chi connectivity index (χ2v) is 7.72. The van der Waals surface area contributed by atoms with Crippen LogP contribution >= 0.6 is 0 Å². The number of hydrazone groups is 1. The zero-order valence-corrected chi connectivity index (χ0v) is 14.6. The van der Waals surface area contributed by atoms with E-state index in [1.165, 1.54) is 18.3 Å². The van der Waals surface area contributed by atoms with Crippen LogP contribution in [0.25, 0.3) is 11.0 Å². The molecule has 1 unspecified atom stereocenters. The summed E-state index contributed by atoms with van der Waals surface area (Å²) < 4.78 is 27.1. The van der Waals surface area contributed by atoms with Gasteiger partial charge in [0.1, 0.15) is 22.0 Å². The van der Waals surface area contributed by atoms with Gasteiger partial charge in [-0.15, -0.1) is 0 Å². The molecular formula is C17H14N6O2S. The minimum absolute atomic E-state index is 0.0364. The maximum Gasteiger partial charge on any atom is 0.284 e. The number of fused-ring (bicyclic) bond motifs is 1. The van der Waals surface area contributed by atoms with Gasteiger partial charge in [0.15, 0.2) is 0 Å². The van der Waals surface area contributed by atoms with E-state index in [9.17, 15) is 13.7 Å². The monoisotopic (exact) mass is 366 g/mol. The summed E-state index contributed by atoms with van der Waals surface area (Å²) >= 11 is 0. The first kappa shape index (κ1) is 16.2. The molecule has 1 aliphatic heterocycles. The quantitative estimate of drug-likeness (QED) is 0.697. The molecule has 0 amide bonds. The van der Waals surface area contributed by atoms with Crippen LogP contribution in [0.4, 0.5) is 0 Å². The number of benzene rings is 1. The highest BCUT2D eigenvalue weighted by Gasteiger charge is 2.25. The third kappa shape index (κ3) is 2.51. The predicted molar refractivity (Wildman–Crippen MR) is 95.1 cm³/mol. The molecular weight excluding hydrogens is 352 g/mol. The van der Waals surface area contributed by atoms with Crippen LogP contribution in [0.3, 0.4) is 0 Å². The van der Waals surface area contributed by atoms with Crippen LogP contribution in [0.2, 0.25) is 0 Å². The Bertz CT molecular complexity index is 1180. The molecule has 3 heterocycles. The zero-order chi connectivity index (χ0) is 18.3. The van der Waals surface area contributed by atoms with Gasteiger partial charge in [0, 0.05) is 31.9 Å². The Balaban J connectivity index is 1.87. The van der Waals surface area contributed by atoms with Crippen molar-refractivity contribution in [2.75, 3.05) is 13.6 Å². The normalized spacial score (nSPS) is 16.9. The molecule has 0 bridgehead atoms. The third-order valence-electron chi connectivity index (χ3n) is 4.26. The van der Waals surface area contributed by atoms with Crippen molar-refractivity contribution in [3.05, 3.63) is 53.9 Å². The molecule has 8 nitrogen and oxygen atoms in total. The first-order valence-electron chi connectivity index (χ1n) is 7.84. The predicted octanol–water partition coefficient (Wildman–Crippen LogP) is 1.55. The van der Waals surface area contributed by atoms with E-state index in [-0.39, 0.29) is 16.4 Å². The second kappa shape index (κ2) is 5.93. The summed E-state index contributed by atoms with van der Waals surface area (Å²) in [7, 11) is -2.15. The lowest BCUT2D eigenvalue weighted by Gasteiger charge is -2.11. The van der Waals surface area contributed by atoms with E-state index in [2.05, 4.69) is 15.2 Å². The molecule has 0 radical (unpaired) electrons. The number of rotatable bonds is 3. The van der Waals surface area contributed by atoms with E-state index in [1.54, 1.807) is 24.4 Å². The van der Waals surface area contributed by atoms with E-state index < -0.39 is 10.0 Å². The van der Waals surface area contributed by atoms with Crippen molar-refractivity contribution >= 4 is 27.3 Å². The number of likely N-dealkylation sites (N-methyl/N-ethyl adjacent to an activating group) is 1. The first-order chi connectivity index (χ1) is 12.5. The highest BCUT2D eigenvalue weighted by Crippen LogP contribution is 2.25. The van der Waals surface area contributed by atoms with Gasteiger partial charge in [0.2, 0.25) is 0 Å². The van der Waals surface area contributed by atoms with E-state index in [0.717, 1.165) is 9.65 Å². The number of hydrogen-bond acceptors (Lipinski definition) is 7. The molecule has 1 atom stereocenters. The standard InChI is InChI=1S/C17H14N6O2S/c1-22-11-14(9-20-22)13-6-16-15(19-8-13)10-21-23(16)26(24,25)17-5-3-2-4-12(17)7-18/h2-6,8-10,14H,11H2,1H3. The van der Waals surface area contributed by atoms with Gasteiger partial charge in [0.25, 0.3) is 10.0 Å². The van der Waals surface area contributed by atoms with Crippen molar-refractivity contribution in [1.29, 1.82) is 5.26 Å². The number of pyridine rings is 1. The Labute approximate surface area is 150 Å². The van der Waals surface area contributed by atoms with Crippen LogP contribution in [-0.2, 0) is 10.0 Å². The fourth-order valence-corrected chi connectivity index (χ4v) is 4.34. The molecule has 0 N–H and O–H groups in total. The fourth-order valence-electron chi connectivity index (χ4n) is 2.94. The Morgan fingerprint density at radius 3 is 2.81 bits per heavy atom. The molecule has 2 aromatic heterocycles. The lowest BCUT2D eigenvalue weighted by atomic mass is 10.0. The van der Waals surface area contributed by atoms with E-state index in [0.29, 0.717) is 17.6 Å². The summed E-state index contributed by atoms with van der Waals surface area (Å²) in [6, 6.07) is 9.74. The Morgan fingerprint density at radius 1 is 1.27 bits per heavy atom. The topological polar surface area (TPSA) is 104 Å². The Kier molecular flexibility index (Phi) is 3.70. The average Bonchev–Trinajstić information content (AvgIpc) is 3.27. The minimum atomic E-state index is -4.02. The van der Waals surface area contributed by atoms with Crippen molar-refractivity contribution in [2.45, 2.75) is 10.8 Å². The van der Waals surface area contributed by atoms with Crippen LogP contribution in [-0.4, -0.2) is 47.4 Å². The van der Waals surface area contributed by atoms with Gasteiger partial charge in [0.05, 0.1) is 11.8 Å². The molecule has 26 heavy (non-hydrogen) atoms. The van der Waals surface area contributed by atoms with Gasteiger partial charge in [-0.2, -0.15) is 28.0 Å². The highest BCUT2D eigenvalue weighted by atomic mass is 32.2. The van der Waals surface area contributed by atoms with Gasteiger partial charge in [-0.1, -0.05) is 12.1 Å². The number of nitrogens with zero attached hydrogens (tertiary/aromatic N) is 6. The molecule has 130 valence electrons. The van der Waals surface area contributed by atoms with E-state index in [4.69, 9.17) is 0 Å². The summed E-state index contributed by atoms with van der Waals surface area (Å²) in [6.45, 7) is 0.700. The first-order valence-corrected chi connectivity index (χ1v) is 9.28. The molecule has 0 saturated carbocycles. The SMILES string of the molecule is CN1CC(c2cnc3cnn(S(=O)(=O)c4ccccc4C#N)c3c2)C=N1. The number of hydrogen-bond donors (Lipinski definition) is 0. The molecule has 1 aliphatic rings. The summed E-state index contributed by atoms with van der Waals surface area (Å²) in [6.07, 6.45) is 4.92. The molecule has 4 rings (SSSR count). The third-order valence-corrected chi connectivity index (χ3v) is 5.91. The highest BCUT2D eigenvalue weighted by molar-refractivity contribution is 7.90. The van der Waals surface area contributed by atoms with Crippen molar-refractivity contribution < 1.29 is 8.42 Å². The average molecular weight is 366 g/mol. The Hall–Kier alpha value is -3.25. The zero-order valence-electron chi connectivity index (χ0n) is 13.8. The van der Waals surface area contributed by atoms with Crippen LogP contribution in [0, 0.1) is 11.3 Å². The lowest BCUT2D eigenvalue weighted by molar-refractivity contribution is 0.381. The largest absolute Gasteiger partial charge is 0.299 e. The maximum atomic E-state index is 13.1. The lowest BCUT2D eigenvalue weighted by Crippen LogP contribution is -2.16. The number of aromatic nitrogens is 3. The summed E-state index contributed by atoms with van der Waals surface area (Å²) in [4.78, 5) is 4.24. The van der Waals surface area contributed by atoms with Gasteiger partial charge < -0.3 is 0 Å². The molecule has 0 spiro atoms. The summed E-state index contributed by atoms with van der Waals surface area (Å²) in [5.74, 6) is 0.0364. The summed E-state index contributed by atoms with van der Waals surface area (Å²) in [5, 5.41) is 19.3. The van der Waals surface area contributed by atoms with Gasteiger partial charge in [-0.25, -0.2) is 0 Å². The van der Waals surface area contributed by atoms with Crippen LogP contribution in [0.15, 0.2) is 52.7 Å². The number of nitriles is 1. The molecule has 0 aliphatic carbocycles. The van der Waals surface area contributed by atoms with Crippen LogP contribution in [0.5, 0.6) is 0 Å². The van der Waals surface area contributed by atoms with Gasteiger partial charge in [-0.3, -0.25) is 9.99 Å². The molecule has 0 fully saturated rings. The van der Waals surface area contributed by atoms with E-state index in [1.807, 2.05) is 24.3 Å². The molecule has 0 saturated heterocycles. The second-order valence-electron chi connectivity index (χ2n) is 5.98. The molecule has 1 aromatic carbocycles. The van der Waals surface area contributed by atoms with Crippen molar-refractivity contribution in [1.82, 2.24) is 19.2 Å². The maximum absolute atomic E-state index is 13.1. The minimum Gasteiger partial charge on any atom is -0.299 e. The molecule has 9 heteroatoms. The van der Waals surface area contributed by atoms with Crippen molar-refractivity contribution in [2.24, 2.45) is 5.10 Å². The van der Waals surface area contributed by atoms with Crippen molar-refractivity contribution in [3.63, 3.8) is 0 Å². The van der Waals surface area contributed by atoms with Crippen molar-refractivity contribution in [3.8, 4) is 6.07 Å². The smallest absolute Gasteiger partial charge is 0.284 e. The molecule has 3 aromatic rings. The van der Waals surface area contributed by atoms with E-state index >= 15 is 0 Å². The fraction of sp³-hybridized carbons (Fsp3) is 0.176. The van der Waals surface area contributed by atoms with Crippen LogP contribution < -0.4 is 0 Å². The van der Waals surface area contributed by atoms with Crippen LogP contribution in [0.1, 0.15) is 17.0 Å². The Morgan fingerprint density at radius 2 is 2.08 bits per heavy atom. The van der Waals surface area contributed by atoms with Gasteiger partial charge >= 0.3 is 0 Å². The summed E-state index contributed by atoms with van der Waals surface area (Å²) in [5.41, 5.74) is 1.77.